The van der Waals surface area contributed by atoms with Crippen molar-refractivity contribution < 1.29 is 0 Å². The molecule has 132 valence electrons. The van der Waals surface area contributed by atoms with Gasteiger partial charge < -0.3 is 14.4 Å². The molecule has 0 radical (unpaired) electrons. The highest BCUT2D eigenvalue weighted by Crippen LogP contribution is 2.32. The second-order valence-corrected chi connectivity index (χ2v) is 7.76. The third kappa shape index (κ3) is 3.11. The van der Waals surface area contributed by atoms with Crippen molar-refractivity contribution >= 4 is 27.4 Å². The molecule has 3 aromatic rings. The van der Waals surface area contributed by atoms with E-state index in [4.69, 9.17) is 0 Å². The third-order valence-corrected chi connectivity index (χ3v) is 5.68. The lowest BCUT2D eigenvalue weighted by atomic mass is 9.96. The lowest BCUT2D eigenvalue weighted by Gasteiger charge is -2.32. The van der Waals surface area contributed by atoms with Crippen LogP contribution in [0.1, 0.15) is 30.4 Å². The SMILES string of the molecule is CN(C)Cc1nnc(C2CCN(c3ncnc4sccc34)CC2)n1C. The van der Waals surface area contributed by atoms with Gasteiger partial charge in [-0.15, -0.1) is 21.5 Å². The Balaban J connectivity index is 1.48. The molecule has 7 nitrogen and oxygen atoms in total. The van der Waals surface area contributed by atoms with E-state index in [0.717, 1.165) is 60.2 Å². The van der Waals surface area contributed by atoms with Gasteiger partial charge in [0.25, 0.3) is 0 Å². The van der Waals surface area contributed by atoms with Crippen LogP contribution in [0, 0.1) is 0 Å². The largest absolute Gasteiger partial charge is 0.356 e. The number of thiophene rings is 1. The molecule has 1 saturated heterocycles. The molecule has 4 heterocycles. The van der Waals surface area contributed by atoms with Gasteiger partial charge >= 0.3 is 0 Å². The standard InChI is InChI=1S/C17H23N7S/c1-22(2)10-14-20-21-15(23(14)3)12-4-7-24(8-5-12)16-13-6-9-25-17(13)19-11-18-16/h6,9,11-12H,4-5,7-8,10H2,1-3H3. The lowest BCUT2D eigenvalue weighted by molar-refractivity contribution is 0.382. The molecule has 3 aromatic heterocycles. The Bertz CT molecular complexity index is 861. The number of piperidine rings is 1. The van der Waals surface area contributed by atoms with E-state index in [0.29, 0.717) is 5.92 Å². The van der Waals surface area contributed by atoms with E-state index in [9.17, 15) is 0 Å². The van der Waals surface area contributed by atoms with E-state index in [1.54, 1.807) is 17.7 Å². The summed E-state index contributed by atoms with van der Waals surface area (Å²) < 4.78 is 2.17. The van der Waals surface area contributed by atoms with Crippen LogP contribution in [0.2, 0.25) is 0 Å². The fourth-order valence-electron chi connectivity index (χ4n) is 3.53. The Labute approximate surface area is 151 Å². The van der Waals surface area contributed by atoms with Crippen molar-refractivity contribution in [1.29, 1.82) is 0 Å². The normalized spacial score (nSPS) is 16.2. The van der Waals surface area contributed by atoms with Crippen LogP contribution in [0.3, 0.4) is 0 Å². The van der Waals surface area contributed by atoms with Crippen LogP contribution in [0.5, 0.6) is 0 Å². The molecule has 0 unspecified atom stereocenters. The van der Waals surface area contributed by atoms with E-state index in [-0.39, 0.29) is 0 Å². The predicted molar refractivity (Wildman–Crippen MR) is 100.0 cm³/mol. The van der Waals surface area contributed by atoms with E-state index in [2.05, 4.69) is 67.1 Å². The zero-order valence-corrected chi connectivity index (χ0v) is 15.7. The van der Waals surface area contributed by atoms with Gasteiger partial charge in [0.1, 0.15) is 28.6 Å². The molecule has 0 saturated carbocycles. The summed E-state index contributed by atoms with van der Waals surface area (Å²) in [6, 6.07) is 2.12. The molecule has 0 aromatic carbocycles. The van der Waals surface area contributed by atoms with E-state index in [1.807, 2.05) is 0 Å². The topological polar surface area (TPSA) is 63.0 Å². The van der Waals surface area contributed by atoms with Crippen molar-refractivity contribution in [3.8, 4) is 0 Å². The highest BCUT2D eigenvalue weighted by atomic mass is 32.1. The van der Waals surface area contributed by atoms with Gasteiger partial charge in [0.05, 0.1) is 11.9 Å². The minimum absolute atomic E-state index is 0.462. The van der Waals surface area contributed by atoms with Crippen LogP contribution in [0.15, 0.2) is 17.8 Å². The van der Waals surface area contributed by atoms with Gasteiger partial charge in [0.2, 0.25) is 0 Å². The predicted octanol–water partition coefficient (Wildman–Crippen LogP) is 2.27. The molecule has 0 bridgehead atoms. The first kappa shape index (κ1) is 16.4. The van der Waals surface area contributed by atoms with E-state index < -0.39 is 0 Å². The Hall–Kier alpha value is -2.06. The molecule has 1 aliphatic rings. The summed E-state index contributed by atoms with van der Waals surface area (Å²) in [6.07, 6.45) is 3.82. The smallest absolute Gasteiger partial charge is 0.146 e. The maximum atomic E-state index is 4.54. The van der Waals surface area contributed by atoms with Crippen molar-refractivity contribution in [2.75, 3.05) is 32.1 Å². The molecule has 0 aliphatic carbocycles. The number of nitrogens with zero attached hydrogens (tertiary/aromatic N) is 7. The van der Waals surface area contributed by atoms with Crippen LogP contribution in [0.4, 0.5) is 5.82 Å². The maximum absolute atomic E-state index is 4.54. The van der Waals surface area contributed by atoms with Crippen molar-refractivity contribution in [2.45, 2.75) is 25.3 Å². The Morgan fingerprint density at radius 1 is 1.20 bits per heavy atom. The number of fused-ring (bicyclic) bond motifs is 1. The van der Waals surface area contributed by atoms with Crippen LogP contribution < -0.4 is 4.90 Å². The van der Waals surface area contributed by atoms with E-state index in [1.165, 1.54) is 0 Å². The number of anilines is 1. The van der Waals surface area contributed by atoms with Gasteiger partial charge in [-0.05, 0) is 38.4 Å². The molecule has 25 heavy (non-hydrogen) atoms. The first-order valence-electron chi connectivity index (χ1n) is 8.59. The fourth-order valence-corrected chi connectivity index (χ4v) is 4.26. The van der Waals surface area contributed by atoms with Gasteiger partial charge in [0.15, 0.2) is 0 Å². The summed E-state index contributed by atoms with van der Waals surface area (Å²) in [5, 5.41) is 12.1. The highest BCUT2D eigenvalue weighted by Gasteiger charge is 2.26. The van der Waals surface area contributed by atoms with Crippen molar-refractivity contribution in [3.05, 3.63) is 29.4 Å². The van der Waals surface area contributed by atoms with Gasteiger partial charge in [-0.3, -0.25) is 0 Å². The zero-order valence-electron chi connectivity index (χ0n) is 14.9. The Morgan fingerprint density at radius 2 is 2.00 bits per heavy atom. The summed E-state index contributed by atoms with van der Waals surface area (Å²) in [5.41, 5.74) is 0. The molecule has 1 fully saturated rings. The average molecular weight is 357 g/mol. The molecule has 0 N–H and O–H groups in total. The summed E-state index contributed by atoms with van der Waals surface area (Å²) in [4.78, 5) is 14.5. The fraction of sp³-hybridized carbons (Fsp3) is 0.529. The molecular formula is C17H23N7S. The Morgan fingerprint density at radius 3 is 2.76 bits per heavy atom. The molecule has 0 atom stereocenters. The third-order valence-electron chi connectivity index (χ3n) is 4.86. The first-order valence-corrected chi connectivity index (χ1v) is 9.47. The van der Waals surface area contributed by atoms with Crippen LogP contribution in [0.25, 0.3) is 10.2 Å². The van der Waals surface area contributed by atoms with Crippen molar-refractivity contribution in [1.82, 2.24) is 29.6 Å². The minimum atomic E-state index is 0.462. The van der Waals surface area contributed by atoms with Gasteiger partial charge in [-0.25, -0.2) is 9.97 Å². The van der Waals surface area contributed by atoms with Gasteiger partial charge in [-0.2, -0.15) is 0 Å². The summed E-state index contributed by atoms with van der Waals surface area (Å²) in [5.74, 6) is 3.67. The maximum Gasteiger partial charge on any atom is 0.146 e. The number of hydrogen-bond donors (Lipinski definition) is 0. The average Bonchev–Trinajstić information content (AvgIpc) is 3.22. The van der Waals surface area contributed by atoms with Crippen LogP contribution in [-0.4, -0.2) is 56.8 Å². The summed E-state index contributed by atoms with van der Waals surface area (Å²) >= 11 is 1.67. The summed E-state index contributed by atoms with van der Waals surface area (Å²) in [6.45, 7) is 2.80. The number of aromatic nitrogens is 5. The molecular weight excluding hydrogens is 334 g/mol. The number of hydrogen-bond acceptors (Lipinski definition) is 7. The molecule has 1 aliphatic heterocycles. The molecule has 8 heteroatoms. The highest BCUT2D eigenvalue weighted by molar-refractivity contribution is 7.16. The minimum Gasteiger partial charge on any atom is -0.356 e. The molecule has 0 spiro atoms. The second kappa shape index (κ2) is 6.68. The summed E-state index contributed by atoms with van der Waals surface area (Å²) in [7, 11) is 6.19. The first-order chi connectivity index (χ1) is 12.1. The van der Waals surface area contributed by atoms with Crippen LogP contribution >= 0.6 is 11.3 Å². The monoisotopic (exact) mass is 357 g/mol. The van der Waals surface area contributed by atoms with E-state index >= 15 is 0 Å². The van der Waals surface area contributed by atoms with Crippen molar-refractivity contribution in [3.63, 3.8) is 0 Å². The number of rotatable bonds is 4. The lowest BCUT2D eigenvalue weighted by Crippen LogP contribution is -2.34. The zero-order chi connectivity index (χ0) is 17.4. The Kier molecular flexibility index (Phi) is 4.39. The van der Waals surface area contributed by atoms with Crippen molar-refractivity contribution in [2.24, 2.45) is 7.05 Å². The quantitative estimate of drug-likeness (QED) is 0.714. The molecule has 4 rings (SSSR count). The van der Waals surface area contributed by atoms with Crippen LogP contribution in [-0.2, 0) is 13.6 Å². The van der Waals surface area contributed by atoms with Gasteiger partial charge in [0, 0.05) is 26.1 Å². The second-order valence-electron chi connectivity index (χ2n) is 6.87. The molecule has 0 amide bonds. The van der Waals surface area contributed by atoms with Gasteiger partial charge in [-0.1, -0.05) is 0 Å².